The summed E-state index contributed by atoms with van der Waals surface area (Å²) in [6.45, 7) is 2.05. The van der Waals surface area contributed by atoms with Gasteiger partial charge in [-0.1, -0.05) is 22.9 Å². The Labute approximate surface area is 122 Å². The predicted octanol–water partition coefficient (Wildman–Crippen LogP) is 3.00. The Morgan fingerprint density at radius 3 is 2.63 bits per heavy atom. The molecule has 0 spiro atoms. The number of carbonyl (C=O) groups is 1. The highest BCUT2D eigenvalue weighted by Crippen LogP contribution is 2.24. The van der Waals surface area contributed by atoms with E-state index in [1.54, 1.807) is 32.4 Å². The van der Waals surface area contributed by atoms with E-state index in [2.05, 4.69) is 28.2 Å². The molecule has 19 heavy (non-hydrogen) atoms. The predicted molar refractivity (Wildman–Crippen MR) is 79.5 cm³/mol. The normalized spacial score (nSPS) is 11.8. The zero-order valence-corrected chi connectivity index (χ0v) is 13.1. The Morgan fingerprint density at radius 1 is 1.37 bits per heavy atom. The smallest absolute Gasteiger partial charge is 0.255 e. The zero-order chi connectivity index (χ0) is 14.3. The highest BCUT2D eigenvalue weighted by atomic mass is 79.9. The van der Waals surface area contributed by atoms with Crippen molar-refractivity contribution < 1.29 is 14.3 Å². The van der Waals surface area contributed by atoms with Crippen molar-refractivity contribution in [2.75, 3.05) is 19.5 Å². The maximum Gasteiger partial charge on any atom is 0.255 e. The molecule has 4 nitrogen and oxygen atoms in total. The molecular weight excluding hydrogens is 310 g/mol. The number of hydrogen-bond donors (Lipinski definition) is 1. The summed E-state index contributed by atoms with van der Waals surface area (Å²) in [5.41, 5.74) is 0.524. The van der Waals surface area contributed by atoms with E-state index in [-0.39, 0.29) is 11.9 Å². The fraction of sp³-hybridized carbons (Fsp3) is 0.500. The highest BCUT2D eigenvalue weighted by Gasteiger charge is 2.16. The summed E-state index contributed by atoms with van der Waals surface area (Å²) in [6, 6.07) is 5.34. The summed E-state index contributed by atoms with van der Waals surface area (Å²) in [5.74, 6) is 1.07. The van der Waals surface area contributed by atoms with Crippen molar-refractivity contribution in [3.05, 3.63) is 23.8 Å². The van der Waals surface area contributed by atoms with Crippen LogP contribution in [-0.2, 0) is 0 Å². The highest BCUT2D eigenvalue weighted by molar-refractivity contribution is 9.09. The molecule has 1 atom stereocenters. The van der Waals surface area contributed by atoms with Crippen LogP contribution in [0.3, 0.4) is 0 Å². The Kier molecular flexibility index (Phi) is 6.70. The van der Waals surface area contributed by atoms with Gasteiger partial charge in [0.25, 0.3) is 5.91 Å². The van der Waals surface area contributed by atoms with Crippen LogP contribution in [0.2, 0.25) is 0 Å². The molecule has 1 unspecified atom stereocenters. The van der Waals surface area contributed by atoms with Gasteiger partial charge in [-0.2, -0.15) is 0 Å². The molecule has 1 aromatic carbocycles. The zero-order valence-electron chi connectivity index (χ0n) is 11.5. The van der Waals surface area contributed by atoms with Gasteiger partial charge in [-0.3, -0.25) is 4.79 Å². The Bertz CT molecular complexity index is 423. The van der Waals surface area contributed by atoms with Crippen molar-refractivity contribution in [1.29, 1.82) is 0 Å². The maximum atomic E-state index is 12.2. The van der Waals surface area contributed by atoms with Crippen molar-refractivity contribution in [2.24, 2.45) is 0 Å². The van der Waals surface area contributed by atoms with Gasteiger partial charge in [0.2, 0.25) is 0 Å². The summed E-state index contributed by atoms with van der Waals surface area (Å²) in [5, 5.41) is 3.87. The number of rotatable bonds is 7. The molecule has 0 heterocycles. The van der Waals surface area contributed by atoms with E-state index in [0.717, 1.165) is 18.2 Å². The lowest BCUT2D eigenvalue weighted by atomic mass is 10.1. The first-order valence-electron chi connectivity index (χ1n) is 6.25. The average molecular weight is 330 g/mol. The lowest BCUT2D eigenvalue weighted by Gasteiger charge is -2.17. The van der Waals surface area contributed by atoms with Crippen LogP contribution in [0.1, 0.15) is 30.1 Å². The third-order valence-corrected chi connectivity index (χ3v) is 3.40. The number of ether oxygens (including phenoxy) is 2. The van der Waals surface area contributed by atoms with E-state index in [1.165, 1.54) is 0 Å². The summed E-state index contributed by atoms with van der Waals surface area (Å²) >= 11 is 3.39. The van der Waals surface area contributed by atoms with Gasteiger partial charge in [0.15, 0.2) is 0 Å². The van der Waals surface area contributed by atoms with Crippen LogP contribution in [0.4, 0.5) is 0 Å². The second-order valence-corrected chi connectivity index (χ2v) is 4.92. The lowest BCUT2D eigenvalue weighted by Crippen LogP contribution is -2.34. The number of alkyl halides is 1. The molecule has 0 aromatic heterocycles. The van der Waals surface area contributed by atoms with E-state index in [1.807, 2.05) is 0 Å². The van der Waals surface area contributed by atoms with E-state index in [0.29, 0.717) is 17.1 Å². The van der Waals surface area contributed by atoms with E-state index in [4.69, 9.17) is 9.47 Å². The molecule has 1 rings (SSSR count). The molecule has 0 radical (unpaired) electrons. The van der Waals surface area contributed by atoms with Crippen molar-refractivity contribution in [3.8, 4) is 11.5 Å². The largest absolute Gasteiger partial charge is 0.497 e. The molecular formula is C14H20BrNO3. The van der Waals surface area contributed by atoms with Crippen LogP contribution >= 0.6 is 15.9 Å². The summed E-state index contributed by atoms with van der Waals surface area (Å²) in [6.07, 6.45) is 1.80. The summed E-state index contributed by atoms with van der Waals surface area (Å²) in [7, 11) is 3.12. The molecule has 1 aromatic rings. The van der Waals surface area contributed by atoms with Crippen LogP contribution in [0.15, 0.2) is 18.2 Å². The minimum absolute atomic E-state index is 0.118. The van der Waals surface area contributed by atoms with E-state index >= 15 is 0 Å². The van der Waals surface area contributed by atoms with E-state index in [9.17, 15) is 4.79 Å². The number of amides is 1. The number of carbonyl (C=O) groups excluding carboxylic acids is 1. The topological polar surface area (TPSA) is 47.6 Å². The number of methoxy groups -OCH3 is 2. The first kappa shape index (κ1) is 15.8. The van der Waals surface area contributed by atoms with Gasteiger partial charge < -0.3 is 14.8 Å². The van der Waals surface area contributed by atoms with Crippen LogP contribution < -0.4 is 14.8 Å². The van der Waals surface area contributed by atoms with Gasteiger partial charge in [0.05, 0.1) is 19.8 Å². The molecule has 1 N–H and O–H groups in total. The minimum atomic E-state index is -0.118. The molecule has 0 saturated carbocycles. The van der Waals surface area contributed by atoms with Crippen LogP contribution in [0, 0.1) is 0 Å². The molecule has 0 fully saturated rings. The molecule has 5 heteroatoms. The first-order chi connectivity index (χ1) is 9.15. The van der Waals surface area contributed by atoms with Gasteiger partial charge in [-0.25, -0.2) is 0 Å². The number of nitrogens with one attached hydrogen (secondary N) is 1. The molecule has 0 saturated heterocycles. The molecule has 106 valence electrons. The van der Waals surface area contributed by atoms with Crippen molar-refractivity contribution in [1.82, 2.24) is 5.32 Å². The molecule has 0 aliphatic heterocycles. The summed E-state index contributed by atoms with van der Waals surface area (Å²) < 4.78 is 10.3. The monoisotopic (exact) mass is 329 g/mol. The van der Waals surface area contributed by atoms with Gasteiger partial charge in [0.1, 0.15) is 11.5 Å². The summed E-state index contributed by atoms with van der Waals surface area (Å²) in [4.78, 5) is 12.2. The lowest BCUT2D eigenvalue weighted by molar-refractivity contribution is 0.0932. The van der Waals surface area contributed by atoms with Crippen LogP contribution in [0.5, 0.6) is 11.5 Å². The quantitative estimate of drug-likeness (QED) is 0.782. The second-order valence-electron chi connectivity index (χ2n) is 4.12. The van der Waals surface area contributed by atoms with Gasteiger partial charge >= 0.3 is 0 Å². The molecule has 1 amide bonds. The fourth-order valence-corrected chi connectivity index (χ4v) is 2.31. The Balaban J connectivity index is 2.86. The standard InChI is InChI=1S/C14H20BrNO3/c1-4-10(7-8-15)16-14(17)12-6-5-11(18-2)9-13(12)19-3/h5-6,9-10H,4,7-8H2,1-3H3,(H,16,17). The Morgan fingerprint density at radius 2 is 2.11 bits per heavy atom. The van der Waals surface area contributed by atoms with E-state index < -0.39 is 0 Å². The van der Waals surface area contributed by atoms with Crippen LogP contribution in [0.25, 0.3) is 0 Å². The molecule has 0 aliphatic rings. The maximum absolute atomic E-state index is 12.2. The van der Waals surface area contributed by atoms with Gasteiger partial charge in [-0.05, 0) is 25.0 Å². The third-order valence-electron chi connectivity index (χ3n) is 2.94. The number of benzene rings is 1. The molecule has 0 bridgehead atoms. The molecule has 0 aliphatic carbocycles. The second kappa shape index (κ2) is 8.04. The minimum Gasteiger partial charge on any atom is -0.497 e. The first-order valence-corrected chi connectivity index (χ1v) is 7.37. The van der Waals surface area contributed by atoms with Gasteiger partial charge in [0, 0.05) is 17.4 Å². The van der Waals surface area contributed by atoms with Crippen molar-refractivity contribution in [2.45, 2.75) is 25.8 Å². The number of hydrogen-bond acceptors (Lipinski definition) is 3. The van der Waals surface area contributed by atoms with Crippen molar-refractivity contribution >= 4 is 21.8 Å². The SMILES string of the molecule is CCC(CCBr)NC(=O)c1ccc(OC)cc1OC. The Hall–Kier alpha value is -1.23. The third kappa shape index (κ3) is 4.42. The van der Waals surface area contributed by atoms with Crippen LogP contribution in [-0.4, -0.2) is 31.5 Å². The fourth-order valence-electron chi connectivity index (χ4n) is 1.76. The number of halogens is 1. The van der Waals surface area contributed by atoms with Crippen molar-refractivity contribution in [3.63, 3.8) is 0 Å². The van der Waals surface area contributed by atoms with Gasteiger partial charge in [-0.15, -0.1) is 0 Å². The average Bonchev–Trinajstić information content (AvgIpc) is 2.45.